The van der Waals surface area contributed by atoms with Gasteiger partial charge in [0.25, 0.3) is 0 Å². The predicted molar refractivity (Wildman–Crippen MR) is 66.9 cm³/mol. The topological polar surface area (TPSA) is 43.8 Å². The van der Waals surface area contributed by atoms with Crippen molar-refractivity contribution in [3.05, 3.63) is 0 Å². The van der Waals surface area contributed by atoms with E-state index < -0.39 is 0 Å². The lowest BCUT2D eigenvalue weighted by Crippen LogP contribution is -2.49. The van der Waals surface area contributed by atoms with Gasteiger partial charge in [-0.15, -0.1) is 0 Å². The summed E-state index contributed by atoms with van der Waals surface area (Å²) in [6.45, 7) is 5.57. The Labute approximate surface area is 104 Å². The molecule has 1 heterocycles. The first-order valence-corrected chi connectivity index (χ1v) is 6.88. The van der Waals surface area contributed by atoms with Gasteiger partial charge < -0.3 is 5.11 Å². The summed E-state index contributed by atoms with van der Waals surface area (Å²) in [5.41, 5.74) is 0. The number of β-amino-alcohol motifs (C(OH)–C–C–N with tert-alkyl or cyclic N) is 1. The van der Waals surface area contributed by atoms with E-state index in [0.29, 0.717) is 18.2 Å². The number of ketones is 1. The number of aliphatic hydroxyl groups excluding tert-OH is 1. The molecule has 1 aliphatic carbocycles. The Balaban J connectivity index is 1.68. The van der Waals surface area contributed by atoms with E-state index in [0.717, 1.165) is 45.6 Å². The van der Waals surface area contributed by atoms with Crippen molar-refractivity contribution in [2.45, 2.75) is 25.7 Å². The second kappa shape index (κ2) is 6.47. The monoisotopic (exact) mass is 240 g/mol. The van der Waals surface area contributed by atoms with Crippen LogP contribution in [-0.2, 0) is 4.79 Å². The van der Waals surface area contributed by atoms with Crippen molar-refractivity contribution < 1.29 is 9.90 Å². The number of piperazine rings is 1. The average molecular weight is 240 g/mol. The van der Waals surface area contributed by atoms with Crippen LogP contribution in [0, 0.1) is 5.92 Å². The van der Waals surface area contributed by atoms with Crippen molar-refractivity contribution in [2.24, 2.45) is 5.92 Å². The van der Waals surface area contributed by atoms with Crippen molar-refractivity contribution in [3.8, 4) is 0 Å². The lowest BCUT2D eigenvalue weighted by Gasteiger charge is -2.34. The van der Waals surface area contributed by atoms with Gasteiger partial charge >= 0.3 is 0 Å². The first-order valence-electron chi connectivity index (χ1n) is 6.88. The Morgan fingerprint density at radius 1 is 1.06 bits per heavy atom. The summed E-state index contributed by atoms with van der Waals surface area (Å²) < 4.78 is 0. The van der Waals surface area contributed by atoms with Gasteiger partial charge in [0.2, 0.25) is 0 Å². The highest BCUT2D eigenvalue weighted by atomic mass is 16.3. The smallest absolute Gasteiger partial charge is 0.149 e. The molecule has 1 saturated heterocycles. The normalized spacial score (nSPS) is 24.3. The highest BCUT2D eigenvalue weighted by Gasteiger charge is 2.25. The van der Waals surface area contributed by atoms with Crippen LogP contribution >= 0.6 is 0 Å². The summed E-state index contributed by atoms with van der Waals surface area (Å²) in [5, 5.41) is 8.86. The quantitative estimate of drug-likeness (QED) is 0.753. The van der Waals surface area contributed by atoms with E-state index in [1.54, 1.807) is 0 Å². The van der Waals surface area contributed by atoms with Crippen molar-refractivity contribution in [2.75, 3.05) is 45.9 Å². The lowest BCUT2D eigenvalue weighted by atomic mass is 10.0. The molecule has 1 aliphatic heterocycles. The van der Waals surface area contributed by atoms with Crippen LogP contribution < -0.4 is 0 Å². The Bertz CT molecular complexity index is 244. The maximum Gasteiger partial charge on any atom is 0.149 e. The van der Waals surface area contributed by atoms with E-state index in [4.69, 9.17) is 5.11 Å². The van der Waals surface area contributed by atoms with Gasteiger partial charge in [0, 0.05) is 38.6 Å². The Kier molecular flexibility index (Phi) is 4.95. The van der Waals surface area contributed by atoms with Gasteiger partial charge in [-0.2, -0.15) is 0 Å². The standard InChI is InChI=1S/C13H24N2O2/c16-10-9-14-5-7-15(8-6-14)11-13(17)12-3-1-2-4-12/h12,16H,1-11H2. The van der Waals surface area contributed by atoms with Crippen LogP contribution in [0.3, 0.4) is 0 Å². The molecule has 4 heteroatoms. The van der Waals surface area contributed by atoms with Crippen LogP contribution in [0.25, 0.3) is 0 Å². The minimum atomic E-state index is 0.237. The van der Waals surface area contributed by atoms with Crippen LogP contribution in [0.2, 0.25) is 0 Å². The Hall–Kier alpha value is -0.450. The number of carbonyl (C=O) groups is 1. The van der Waals surface area contributed by atoms with E-state index in [9.17, 15) is 4.79 Å². The van der Waals surface area contributed by atoms with E-state index >= 15 is 0 Å². The van der Waals surface area contributed by atoms with Crippen molar-refractivity contribution >= 4 is 5.78 Å². The van der Waals surface area contributed by atoms with E-state index in [1.165, 1.54) is 12.8 Å². The van der Waals surface area contributed by atoms with Gasteiger partial charge in [-0.3, -0.25) is 14.6 Å². The third-order valence-electron chi connectivity index (χ3n) is 4.07. The molecule has 2 rings (SSSR count). The van der Waals surface area contributed by atoms with Crippen LogP contribution in [0.5, 0.6) is 0 Å². The molecule has 0 bridgehead atoms. The number of Topliss-reactive ketones (excluding diaryl/α,β-unsaturated/α-hetero) is 1. The average Bonchev–Trinajstić information content (AvgIpc) is 2.86. The molecule has 0 aromatic heterocycles. The van der Waals surface area contributed by atoms with E-state index in [2.05, 4.69) is 9.80 Å². The molecule has 98 valence electrons. The van der Waals surface area contributed by atoms with Crippen molar-refractivity contribution in [1.29, 1.82) is 0 Å². The van der Waals surface area contributed by atoms with Gasteiger partial charge in [-0.05, 0) is 12.8 Å². The molecule has 0 radical (unpaired) electrons. The molecule has 1 saturated carbocycles. The summed E-state index contributed by atoms with van der Waals surface area (Å²) in [6, 6.07) is 0. The predicted octanol–water partition coefficient (Wildman–Crippen LogP) is 0.356. The minimum Gasteiger partial charge on any atom is -0.395 e. The second-order valence-corrected chi connectivity index (χ2v) is 5.29. The summed E-state index contributed by atoms with van der Waals surface area (Å²) >= 11 is 0. The lowest BCUT2D eigenvalue weighted by molar-refractivity contribution is -0.124. The van der Waals surface area contributed by atoms with Gasteiger partial charge in [0.15, 0.2) is 0 Å². The maximum absolute atomic E-state index is 12.0. The summed E-state index contributed by atoms with van der Waals surface area (Å²) in [7, 11) is 0. The molecule has 2 aliphatic rings. The Morgan fingerprint density at radius 3 is 2.24 bits per heavy atom. The second-order valence-electron chi connectivity index (χ2n) is 5.29. The highest BCUT2D eigenvalue weighted by Crippen LogP contribution is 2.25. The van der Waals surface area contributed by atoms with Gasteiger partial charge in [0.1, 0.15) is 5.78 Å². The SMILES string of the molecule is O=C(CN1CCN(CCO)CC1)C1CCCC1. The van der Waals surface area contributed by atoms with E-state index in [-0.39, 0.29) is 6.61 Å². The fourth-order valence-electron chi connectivity index (χ4n) is 2.91. The number of carbonyl (C=O) groups excluding carboxylic acids is 1. The molecule has 0 atom stereocenters. The van der Waals surface area contributed by atoms with Crippen LogP contribution in [-0.4, -0.2) is 66.6 Å². The van der Waals surface area contributed by atoms with Crippen molar-refractivity contribution in [3.63, 3.8) is 0 Å². The highest BCUT2D eigenvalue weighted by molar-refractivity contribution is 5.83. The molecular formula is C13H24N2O2. The molecule has 0 aromatic carbocycles. The number of nitrogens with zero attached hydrogens (tertiary/aromatic N) is 2. The number of hydrogen-bond acceptors (Lipinski definition) is 4. The van der Waals surface area contributed by atoms with Crippen LogP contribution in [0.4, 0.5) is 0 Å². The molecule has 1 N–H and O–H groups in total. The number of aliphatic hydroxyl groups is 1. The summed E-state index contributed by atoms with van der Waals surface area (Å²) in [5.74, 6) is 0.809. The first kappa shape index (κ1) is 13.0. The molecule has 17 heavy (non-hydrogen) atoms. The fourth-order valence-corrected chi connectivity index (χ4v) is 2.91. The third-order valence-corrected chi connectivity index (χ3v) is 4.07. The van der Waals surface area contributed by atoms with Crippen LogP contribution in [0.15, 0.2) is 0 Å². The molecule has 4 nitrogen and oxygen atoms in total. The summed E-state index contributed by atoms with van der Waals surface area (Å²) in [4.78, 5) is 16.6. The van der Waals surface area contributed by atoms with Gasteiger partial charge in [-0.1, -0.05) is 12.8 Å². The first-order chi connectivity index (χ1) is 8.29. The zero-order valence-electron chi connectivity index (χ0n) is 10.6. The molecule has 0 amide bonds. The zero-order valence-corrected chi connectivity index (χ0v) is 10.6. The fraction of sp³-hybridized carbons (Fsp3) is 0.923. The third kappa shape index (κ3) is 3.76. The molecular weight excluding hydrogens is 216 g/mol. The van der Waals surface area contributed by atoms with Gasteiger partial charge in [0.05, 0.1) is 13.2 Å². The maximum atomic E-state index is 12.0. The zero-order chi connectivity index (χ0) is 12.1. The minimum absolute atomic E-state index is 0.237. The van der Waals surface area contributed by atoms with Gasteiger partial charge in [-0.25, -0.2) is 0 Å². The van der Waals surface area contributed by atoms with E-state index in [1.807, 2.05) is 0 Å². The molecule has 0 aromatic rings. The molecule has 2 fully saturated rings. The molecule has 0 unspecified atom stereocenters. The number of hydrogen-bond donors (Lipinski definition) is 1. The summed E-state index contributed by atoms with van der Waals surface area (Å²) in [6.07, 6.45) is 4.70. The molecule has 0 spiro atoms. The largest absolute Gasteiger partial charge is 0.395 e. The Morgan fingerprint density at radius 2 is 1.65 bits per heavy atom. The van der Waals surface area contributed by atoms with Crippen molar-refractivity contribution in [1.82, 2.24) is 9.80 Å². The van der Waals surface area contributed by atoms with Crippen LogP contribution in [0.1, 0.15) is 25.7 Å². The number of rotatable bonds is 5.